The first-order valence-electron chi connectivity index (χ1n) is 7.06. The minimum absolute atomic E-state index is 0.499. The van der Waals surface area contributed by atoms with Gasteiger partial charge in [0.25, 0.3) is 0 Å². The van der Waals surface area contributed by atoms with Crippen LogP contribution in [0.15, 0.2) is 24.3 Å². The molecule has 1 aliphatic carbocycles. The molecule has 2 heteroatoms. The summed E-state index contributed by atoms with van der Waals surface area (Å²) in [5, 5.41) is 3.91. The van der Waals surface area contributed by atoms with Gasteiger partial charge in [-0.3, -0.25) is 0 Å². The van der Waals surface area contributed by atoms with Crippen molar-refractivity contribution < 1.29 is 0 Å². The van der Waals surface area contributed by atoms with Gasteiger partial charge in [-0.15, -0.1) is 0 Å². The molecule has 0 saturated carbocycles. The molecule has 98 valence electrons. The second-order valence-electron chi connectivity index (χ2n) is 6.54. The maximum atomic E-state index is 3.91. The van der Waals surface area contributed by atoms with Crippen LogP contribution in [0.2, 0.25) is 0 Å². The van der Waals surface area contributed by atoms with Gasteiger partial charge in [-0.05, 0) is 41.6 Å². The summed E-state index contributed by atoms with van der Waals surface area (Å²) in [6.45, 7) is 4.80. The highest BCUT2D eigenvalue weighted by atomic mass is 32.2. The lowest BCUT2D eigenvalue weighted by Gasteiger charge is -2.36. The molecule has 1 aliphatic heterocycles. The first kappa shape index (κ1) is 12.6. The Morgan fingerprint density at radius 3 is 2.94 bits per heavy atom. The topological polar surface area (TPSA) is 12.0 Å². The molecule has 2 aliphatic rings. The Kier molecular flexibility index (Phi) is 3.42. The normalized spacial score (nSPS) is 30.1. The van der Waals surface area contributed by atoms with E-state index in [4.69, 9.17) is 0 Å². The largest absolute Gasteiger partial charge is 0.306 e. The van der Waals surface area contributed by atoms with Gasteiger partial charge in [-0.2, -0.15) is 11.8 Å². The number of fused-ring (bicyclic) bond motifs is 1. The number of hydrogen-bond donors (Lipinski definition) is 1. The van der Waals surface area contributed by atoms with Crippen molar-refractivity contribution in [2.75, 3.05) is 11.5 Å². The lowest BCUT2D eigenvalue weighted by Crippen LogP contribution is -2.41. The van der Waals surface area contributed by atoms with Crippen LogP contribution in [0.5, 0.6) is 0 Å². The average molecular weight is 261 g/mol. The molecule has 0 spiro atoms. The number of nitrogens with one attached hydrogen (secondary N) is 1. The molecule has 1 saturated heterocycles. The Morgan fingerprint density at radius 2 is 2.11 bits per heavy atom. The first-order valence-corrected chi connectivity index (χ1v) is 8.21. The molecule has 0 amide bonds. The Balaban J connectivity index is 1.68. The fourth-order valence-corrected chi connectivity index (χ4v) is 4.67. The van der Waals surface area contributed by atoms with Gasteiger partial charge in [0.2, 0.25) is 0 Å². The molecule has 2 atom stereocenters. The standard InChI is InChI=1S/C16H23NS/c1-16(2)9-13(10-18-11-16)17-15-8-7-12-5-3-4-6-14(12)15/h3-6,13,15,17H,7-11H2,1-2H3. The molecular formula is C16H23NS. The van der Waals surface area contributed by atoms with E-state index in [9.17, 15) is 0 Å². The number of benzene rings is 1. The number of rotatable bonds is 2. The molecule has 1 heterocycles. The predicted octanol–water partition coefficient (Wildman–Crippen LogP) is 3.80. The third-order valence-electron chi connectivity index (χ3n) is 4.18. The summed E-state index contributed by atoms with van der Waals surface area (Å²) < 4.78 is 0. The van der Waals surface area contributed by atoms with Gasteiger partial charge < -0.3 is 5.32 Å². The van der Waals surface area contributed by atoms with Crippen LogP contribution in [0.4, 0.5) is 0 Å². The van der Waals surface area contributed by atoms with Gasteiger partial charge >= 0.3 is 0 Å². The van der Waals surface area contributed by atoms with Crippen molar-refractivity contribution in [3.8, 4) is 0 Å². The van der Waals surface area contributed by atoms with Gasteiger partial charge in [-0.1, -0.05) is 38.1 Å². The van der Waals surface area contributed by atoms with Gasteiger partial charge in [0.1, 0.15) is 0 Å². The molecule has 1 nitrogen and oxygen atoms in total. The molecule has 2 unspecified atom stereocenters. The van der Waals surface area contributed by atoms with E-state index >= 15 is 0 Å². The Bertz CT molecular complexity index is 427. The quantitative estimate of drug-likeness (QED) is 0.869. The SMILES string of the molecule is CC1(C)CSCC(NC2CCc3ccccc32)C1. The maximum Gasteiger partial charge on any atom is 0.0328 e. The first-order chi connectivity index (χ1) is 8.64. The van der Waals surface area contributed by atoms with E-state index in [1.807, 2.05) is 0 Å². The molecule has 3 rings (SSSR count). The van der Waals surface area contributed by atoms with Crippen molar-refractivity contribution in [2.24, 2.45) is 5.41 Å². The molecule has 1 aromatic rings. The van der Waals surface area contributed by atoms with E-state index in [0.29, 0.717) is 17.5 Å². The second kappa shape index (κ2) is 4.90. The highest BCUT2D eigenvalue weighted by molar-refractivity contribution is 7.99. The van der Waals surface area contributed by atoms with Crippen molar-refractivity contribution in [1.82, 2.24) is 5.32 Å². The highest BCUT2D eigenvalue weighted by Crippen LogP contribution is 2.36. The van der Waals surface area contributed by atoms with Gasteiger partial charge in [0.15, 0.2) is 0 Å². The van der Waals surface area contributed by atoms with E-state index in [1.165, 1.54) is 30.8 Å². The summed E-state index contributed by atoms with van der Waals surface area (Å²) in [6.07, 6.45) is 3.84. The van der Waals surface area contributed by atoms with Crippen molar-refractivity contribution in [3.05, 3.63) is 35.4 Å². The third-order valence-corrected chi connectivity index (χ3v) is 5.80. The van der Waals surface area contributed by atoms with E-state index in [2.05, 4.69) is 55.2 Å². The lowest BCUT2D eigenvalue weighted by atomic mass is 9.87. The predicted molar refractivity (Wildman–Crippen MR) is 80.2 cm³/mol. The van der Waals surface area contributed by atoms with Crippen molar-refractivity contribution in [3.63, 3.8) is 0 Å². The van der Waals surface area contributed by atoms with Crippen molar-refractivity contribution >= 4 is 11.8 Å². The summed E-state index contributed by atoms with van der Waals surface area (Å²) in [4.78, 5) is 0. The number of thioether (sulfide) groups is 1. The summed E-state index contributed by atoms with van der Waals surface area (Å²) in [5.41, 5.74) is 3.60. The average Bonchev–Trinajstić information content (AvgIpc) is 2.72. The van der Waals surface area contributed by atoms with Crippen LogP contribution in [0.3, 0.4) is 0 Å². The van der Waals surface area contributed by atoms with Crippen LogP contribution in [0.25, 0.3) is 0 Å². The van der Waals surface area contributed by atoms with Crippen LogP contribution >= 0.6 is 11.8 Å². The molecule has 0 aromatic heterocycles. The molecule has 1 aromatic carbocycles. The van der Waals surface area contributed by atoms with E-state index in [1.54, 1.807) is 11.1 Å². The van der Waals surface area contributed by atoms with Crippen molar-refractivity contribution in [2.45, 2.75) is 45.2 Å². The summed E-state index contributed by atoms with van der Waals surface area (Å²) >= 11 is 2.11. The summed E-state index contributed by atoms with van der Waals surface area (Å²) in [7, 11) is 0. The third kappa shape index (κ3) is 2.60. The minimum Gasteiger partial charge on any atom is -0.306 e. The van der Waals surface area contributed by atoms with E-state index in [-0.39, 0.29) is 0 Å². The molecule has 1 N–H and O–H groups in total. The van der Waals surface area contributed by atoms with Crippen molar-refractivity contribution in [1.29, 1.82) is 0 Å². The number of hydrogen-bond acceptors (Lipinski definition) is 2. The van der Waals surface area contributed by atoms with Crippen LogP contribution in [0, 0.1) is 5.41 Å². The molecule has 1 fully saturated rings. The maximum absolute atomic E-state index is 3.91. The zero-order valence-corrected chi connectivity index (χ0v) is 12.2. The van der Waals surface area contributed by atoms with Gasteiger partial charge in [-0.25, -0.2) is 0 Å². The van der Waals surface area contributed by atoms with Gasteiger partial charge in [0.05, 0.1) is 0 Å². The zero-order chi connectivity index (χ0) is 12.6. The van der Waals surface area contributed by atoms with E-state index in [0.717, 1.165) is 0 Å². The van der Waals surface area contributed by atoms with Gasteiger partial charge in [0, 0.05) is 17.8 Å². The molecule has 0 radical (unpaired) electrons. The number of aryl methyl sites for hydroxylation is 1. The lowest BCUT2D eigenvalue weighted by molar-refractivity contribution is 0.300. The van der Waals surface area contributed by atoms with Crippen LogP contribution in [-0.4, -0.2) is 17.5 Å². The Morgan fingerprint density at radius 1 is 1.28 bits per heavy atom. The molecular weight excluding hydrogens is 238 g/mol. The van der Waals surface area contributed by atoms with Crippen LogP contribution in [0.1, 0.15) is 43.9 Å². The summed E-state index contributed by atoms with van der Waals surface area (Å²) in [6, 6.07) is 10.2. The zero-order valence-electron chi connectivity index (χ0n) is 11.4. The molecule has 18 heavy (non-hydrogen) atoms. The smallest absolute Gasteiger partial charge is 0.0328 e. The molecule has 0 bridgehead atoms. The van der Waals surface area contributed by atoms with Crippen LogP contribution in [-0.2, 0) is 6.42 Å². The summed E-state index contributed by atoms with van der Waals surface area (Å²) in [5.74, 6) is 2.59. The second-order valence-corrected chi connectivity index (χ2v) is 7.57. The highest BCUT2D eigenvalue weighted by Gasteiger charge is 2.31. The Hall–Kier alpha value is -0.470. The van der Waals surface area contributed by atoms with E-state index < -0.39 is 0 Å². The Labute approximate surface area is 115 Å². The minimum atomic E-state index is 0.499. The van der Waals surface area contributed by atoms with Crippen LogP contribution < -0.4 is 5.32 Å². The monoisotopic (exact) mass is 261 g/mol. The fraction of sp³-hybridized carbons (Fsp3) is 0.625. The fourth-order valence-electron chi connectivity index (χ4n) is 3.38.